The molecule has 0 spiro atoms. The van der Waals surface area contributed by atoms with E-state index < -0.39 is 0 Å². The Morgan fingerprint density at radius 1 is 1.28 bits per heavy atom. The maximum Gasteiger partial charge on any atom is 0.256 e. The highest BCUT2D eigenvalue weighted by Crippen LogP contribution is 2.27. The van der Waals surface area contributed by atoms with Crippen LogP contribution in [0.1, 0.15) is 33.7 Å². The van der Waals surface area contributed by atoms with Crippen molar-refractivity contribution < 1.29 is 19.1 Å². The molecule has 1 saturated heterocycles. The van der Waals surface area contributed by atoms with Crippen molar-refractivity contribution in [3.05, 3.63) is 45.7 Å². The van der Waals surface area contributed by atoms with Gasteiger partial charge in [-0.15, -0.1) is 0 Å². The first-order valence-electron chi connectivity index (χ1n) is 9.59. The van der Waals surface area contributed by atoms with Crippen LogP contribution in [0.15, 0.2) is 18.2 Å². The topological polar surface area (TPSA) is 83.7 Å². The van der Waals surface area contributed by atoms with E-state index in [4.69, 9.17) is 21.1 Å². The number of aryl methyl sites for hydroxylation is 2. The second-order valence-corrected chi connectivity index (χ2v) is 7.44. The zero-order chi connectivity index (χ0) is 21.0. The van der Waals surface area contributed by atoms with Gasteiger partial charge in [0, 0.05) is 36.6 Å². The van der Waals surface area contributed by atoms with Crippen molar-refractivity contribution in [1.29, 1.82) is 0 Å². The van der Waals surface area contributed by atoms with Crippen LogP contribution < -0.4 is 10.1 Å². The minimum absolute atomic E-state index is 0.0168. The lowest BCUT2D eigenvalue weighted by Gasteiger charge is -2.27. The molecule has 2 aromatic rings. The van der Waals surface area contributed by atoms with Crippen molar-refractivity contribution in [3.63, 3.8) is 0 Å². The van der Waals surface area contributed by atoms with Crippen LogP contribution in [-0.4, -0.2) is 55.1 Å². The largest absolute Gasteiger partial charge is 0.495 e. The molecule has 7 nitrogen and oxygen atoms in total. The molecule has 3 rings (SSSR count). The van der Waals surface area contributed by atoms with E-state index in [1.54, 1.807) is 18.2 Å². The summed E-state index contributed by atoms with van der Waals surface area (Å²) in [6.45, 7) is 6.15. The summed E-state index contributed by atoms with van der Waals surface area (Å²) in [7, 11) is 1.54. The highest BCUT2D eigenvalue weighted by Gasteiger charge is 2.24. The Bertz CT molecular complexity index is 904. The maximum atomic E-state index is 12.9. The number of H-pyrrole nitrogens is 1. The molecule has 8 heteroatoms. The summed E-state index contributed by atoms with van der Waals surface area (Å²) in [5, 5.41) is 3.28. The Labute approximate surface area is 175 Å². The van der Waals surface area contributed by atoms with E-state index in [2.05, 4.69) is 10.3 Å². The van der Waals surface area contributed by atoms with Crippen LogP contribution in [-0.2, 0) is 16.0 Å². The number of hydrogen-bond donors (Lipinski definition) is 2. The van der Waals surface area contributed by atoms with Crippen LogP contribution in [0.2, 0.25) is 5.02 Å². The van der Waals surface area contributed by atoms with Gasteiger partial charge in [-0.3, -0.25) is 9.59 Å². The molecule has 1 fully saturated rings. The molecule has 0 aliphatic carbocycles. The van der Waals surface area contributed by atoms with Gasteiger partial charge in [0.15, 0.2) is 0 Å². The number of halogens is 1. The SMILES string of the molecule is COc1ccc(NC(=O)CCc2[nH]c(C)c(C(=O)N3CCOCC3)c2C)cc1Cl. The molecular weight excluding hydrogens is 394 g/mol. The lowest BCUT2D eigenvalue weighted by atomic mass is 10.1. The number of carbonyl (C=O) groups is 2. The number of nitrogens with zero attached hydrogens (tertiary/aromatic N) is 1. The number of nitrogens with one attached hydrogen (secondary N) is 2. The number of aromatic amines is 1. The molecule has 0 radical (unpaired) electrons. The Hall–Kier alpha value is -2.51. The Balaban J connectivity index is 1.62. The van der Waals surface area contributed by atoms with E-state index in [1.165, 1.54) is 7.11 Å². The van der Waals surface area contributed by atoms with Crippen LogP contribution in [0.3, 0.4) is 0 Å². The average Bonchev–Trinajstić information content (AvgIpc) is 3.00. The molecule has 0 unspecified atom stereocenters. The summed E-state index contributed by atoms with van der Waals surface area (Å²) >= 11 is 6.10. The van der Waals surface area contributed by atoms with Crippen LogP contribution >= 0.6 is 11.6 Å². The second-order valence-electron chi connectivity index (χ2n) is 7.03. The lowest BCUT2D eigenvalue weighted by Crippen LogP contribution is -2.41. The van der Waals surface area contributed by atoms with Gasteiger partial charge < -0.3 is 24.7 Å². The molecule has 1 aliphatic heterocycles. The Kier molecular flexibility index (Phi) is 6.82. The molecule has 1 aromatic carbocycles. The summed E-state index contributed by atoms with van der Waals surface area (Å²) in [4.78, 5) is 30.3. The second kappa shape index (κ2) is 9.33. The first kappa shape index (κ1) is 21.2. The van der Waals surface area contributed by atoms with Crippen molar-refractivity contribution in [2.45, 2.75) is 26.7 Å². The minimum atomic E-state index is -0.126. The molecule has 2 heterocycles. The number of rotatable bonds is 6. The number of morpholine rings is 1. The van der Waals surface area contributed by atoms with Gasteiger partial charge in [0.2, 0.25) is 5.91 Å². The van der Waals surface area contributed by atoms with Crippen LogP contribution in [0, 0.1) is 13.8 Å². The zero-order valence-corrected chi connectivity index (χ0v) is 17.7. The Morgan fingerprint density at radius 3 is 2.66 bits per heavy atom. The van der Waals surface area contributed by atoms with Gasteiger partial charge in [-0.05, 0) is 44.0 Å². The van der Waals surface area contributed by atoms with Gasteiger partial charge >= 0.3 is 0 Å². The quantitative estimate of drug-likeness (QED) is 0.752. The predicted molar refractivity (Wildman–Crippen MR) is 112 cm³/mol. The number of aromatic nitrogens is 1. The Morgan fingerprint density at radius 2 is 2.00 bits per heavy atom. The van der Waals surface area contributed by atoms with Crippen molar-refractivity contribution in [3.8, 4) is 5.75 Å². The molecule has 0 saturated carbocycles. The van der Waals surface area contributed by atoms with Gasteiger partial charge in [-0.2, -0.15) is 0 Å². The monoisotopic (exact) mass is 419 g/mol. The van der Waals surface area contributed by atoms with Crippen molar-refractivity contribution >= 4 is 29.1 Å². The molecule has 2 amide bonds. The van der Waals surface area contributed by atoms with E-state index in [-0.39, 0.29) is 18.2 Å². The van der Waals surface area contributed by atoms with Gasteiger partial charge in [0.05, 0.1) is 30.9 Å². The average molecular weight is 420 g/mol. The summed E-state index contributed by atoms with van der Waals surface area (Å²) in [6.07, 6.45) is 0.800. The van der Waals surface area contributed by atoms with E-state index in [9.17, 15) is 9.59 Å². The van der Waals surface area contributed by atoms with Crippen molar-refractivity contribution in [2.75, 3.05) is 38.7 Å². The molecule has 156 valence electrons. The molecule has 2 N–H and O–H groups in total. The summed E-state index contributed by atoms with van der Waals surface area (Å²) < 4.78 is 10.4. The lowest BCUT2D eigenvalue weighted by molar-refractivity contribution is -0.116. The zero-order valence-electron chi connectivity index (χ0n) is 16.9. The molecule has 1 aliphatic rings. The van der Waals surface area contributed by atoms with Crippen LogP contribution in [0.5, 0.6) is 5.75 Å². The first-order valence-corrected chi connectivity index (χ1v) is 9.97. The van der Waals surface area contributed by atoms with E-state index >= 15 is 0 Å². The number of benzene rings is 1. The summed E-state index contributed by atoms with van der Waals surface area (Å²) in [5.41, 5.74) is 3.95. The highest BCUT2D eigenvalue weighted by molar-refractivity contribution is 6.32. The summed E-state index contributed by atoms with van der Waals surface area (Å²) in [5.74, 6) is 0.446. The third kappa shape index (κ3) is 4.92. The van der Waals surface area contributed by atoms with E-state index in [0.717, 1.165) is 17.0 Å². The van der Waals surface area contributed by atoms with Crippen molar-refractivity contribution in [1.82, 2.24) is 9.88 Å². The van der Waals surface area contributed by atoms with Gasteiger partial charge in [0.25, 0.3) is 5.91 Å². The molecule has 0 atom stereocenters. The molecular formula is C21H26ClN3O4. The number of amides is 2. The summed E-state index contributed by atoms with van der Waals surface area (Å²) in [6, 6.07) is 5.10. The van der Waals surface area contributed by atoms with Gasteiger partial charge in [-0.25, -0.2) is 0 Å². The third-order valence-corrected chi connectivity index (χ3v) is 5.39. The third-order valence-electron chi connectivity index (χ3n) is 5.09. The van der Waals surface area contributed by atoms with E-state index in [1.807, 2.05) is 18.7 Å². The molecule has 29 heavy (non-hydrogen) atoms. The number of carbonyl (C=O) groups excluding carboxylic acids is 2. The first-order chi connectivity index (χ1) is 13.9. The fourth-order valence-corrected chi connectivity index (χ4v) is 3.77. The van der Waals surface area contributed by atoms with Crippen LogP contribution in [0.4, 0.5) is 5.69 Å². The number of hydrogen-bond acceptors (Lipinski definition) is 4. The van der Waals surface area contributed by atoms with Crippen LogP contribution in [0.25, 0.3) is 0 Å². The van der Waals surface area contributed by atoms with Gasteiger partial charge in [-0.1, -0.05) is 11.6 Å². The fraction of sp³-hybridized carbons (Fsp3) is 0.429. The van der Waals surface area contributed by atoms with E-state index in [0.29, 0.717) is 54.7 Å². The maximum absolute atomic E-state index is 12.9. The standard InChI is InChI=1S/C21H26ClN3O4/c1-13-17(23-14(2)20(13)21(27)25-8-10-29-11-9-25)5-7-19(26)24-15-4-6-18(28-3)16(22)12-15/h4,6,12,23H,5,7-11H2,1-3H3,(H,24,26). The predicted octanol–water partition coefficient (Wildman–Crippen LogP) is 3.34. The number of anilines is 1. The highest BCUT2D eigenvalue weighted by atomic mass is 35.5. The molecule has 0 bridgehead atoms. The number of methoxy groups -OCH3 is 1. The van der Waals surface area contributed by atoms with Gasteiger partial charge in [0.1, 0.15) is 5.75 Å². The molecule has 1 aromatic heterocycles. The number of ether oxygens (including phenoxy) is 2. The fourth-order valence-electron chi connectivity index (χ4n) is 3.52. The van der Waals surface area contributed by atoms with Crippen molar-refractivity contribution in [2.24, 2.45) is 0 Å². The minimum Gasteiger partial charge on any atom is -0.495 e. The smallest absolute Gasteiger partial charge is 0.256 e. The normalized spacial score (nSPS) is 14.0.